The average molecular weight is 227 g/mol. The number of nitrogens with one attached hydrogen (secondary N) is 1. The van der Waals surface area contributed by atoms with Gasteiger partial charge in [-0.05, 0) is 12.1 Å². The lowest BCUT2D eigenvalue weighted by atomic mass is 10.5. The van der Waals surface area contributed by atoms with E-state index in [-0.39, 0.29) is 0 Å². The molecule has 0 saturated carbocycles. The summed E-state index contributed by atoms with van der Waals surface area (Å²) in [6.45, 7) is 0.661. The SMILES string of the molecule is Clc1ccc(NCc2nccs2)nn1. The van der Waals surface area contributed by atoms with Crippen molar-refractivity contribution in [2.45, 2.75) is 6.54 Å². The molecule has 0 radical (unpaired) electrons. The summed E-state index contributed by atoms with van der Waals surface area (Å²) in [4.78, 5) is 4.13. The van der Waals surface area contributed by atoms with Crippen molar-refractivity contribution in [3.8, 4) is 0 Å². The molecule has 0 spiro atoms. The number of halogens is 1. The molecule has 0 fully saturated rings. The van der Waals surface area contributed by atoms with E-state index in [9.17, 15) is 0 Å². The number of thiazole rings is 1. The van der Waals surface area contributed by atoms with Crippen LogP contribution in [-0.2, 0) is 6.54 Å². The van der Waals surface area contributed by atoms with Crippen molar-refractivity contribution >= 4 is 28.8 Å². The van der Waals surface area contributed by atoms with Crippen molar-refractivity contribution in [1.29, 1.82) is 0 Å². The smallest absolute Gasteiger partial charge is 0.151 e. The first-order valence-electron chi connectivity index (χ1n) is 3.96. The van der Waals surface area contributed by atoms with Crippen molar-refractivity contribution in [1.82, 2.24) is 15.2 Å². The molecule has 14 heavy (non-hydrogen) atoms. The Hall–Kier alpha value is -1.20. The summed E-state index contributed by atoms with van der Waals surface area (Å²) in [7, 11) is 0. The fourth-order valence-corrected chi connectivity index (χ4v) is 1.57. The Balaban J connectivity index is 1.95. The molecule has 2 rings (SSSR count). The van der Waals surface area contributed by atoms with Crippen LogP contribution in [0.15, 0.2) is 23.7 Å². The highest BCUT2D eigenvalue weighted by atomic mass is 35.5. The fourth-order valence-electron chi connectivity index (χ4n) is 0.917. The largest absolute Gasteiger partial charge is 0.362 e. The molecule has 0 atom stereocenters. The van der Waals surface area contributed by atoms with Crippen LogP contribution < -0.4 is 5.32 Å². The minimum Gasteiger partial charge on any atom is -0.362 e. The van der Waals surface area contributed by atoms with Gasteiger partial charge in [0, 0.05) is 11.6 Å². The molecule has 4 nitrogen and oxygen atoms in total. The normalized spacial score (nSPS) is 10.1. The van der Waals surface area contributed by atoms with Crippen LogP contribution in [-0.4, -0.2) is 15.2 Å². The molecular weight excluding hydrogens is 220 g/mol. The van der Waals surface area contributed by atoms with Gasteiger partial charge in [0.1, 0.15) is 10.8 Å². The van der Waals surface area contributed by atoms with E-state index in [1.54, 1.807) is 29.7 Å². The molecule has 6 heteroatoms. The third-order valence-electron chi connectivity index (χ3n) is 1.54. The lowest BCUT2D eigenvalue weighted by Crippen LogP contribution is -2.01. The van der Waals surface area contributed by atoms with Crippen LogP contribution in [0.25, 0.3) is 0 Å². The van der Waals surface area contributed by atoms with E-state index < -0.39 is 0 Å². The second-order valence-electron chi connectivity index (χ2n) is 2.52. The van der Waals surface area contributed by atoms with E-state index in [1.165, 1.54) is 0 Å². The highest BCUT2D eigenvalue weighted by molar-refractivity contribution is 7.09. The third-order valence-corrected chi connectivity index (χ3v) is 2.52. The van der Waals surface area contributed by atoms with Crippen LogP contribution in [0, 0.1) is 0 Å². The van der Waals surface area contributed by atoms with Gasteiger partial charge >= 0.3 is 0 Å². The van der Waals surface area contributed by atoms with Crippen LogP contribution in [0.4, 0.5) is 5.82 Å². The Kier molecular flexibility index (Phi) is 2.90. The average Bonchev–Trinajstić information content (AvgIpc) is 2.70. The van der Waals surface area contributed by atoms with Gasteiger partial charge in [-0.15, -0.1) is 21.5 Å². The maximum Gasteiger partial charge on any atom is 0.151 e. The van der Waals surface area contributed by atoms with E-state index >= 15 is 0 Å². The summed E-state index contributed by atoms with van der Waals surface area (Å²) in [6.07, 6.45) is 1.77. The Morgan fingerprint density at radius 3 is 2.93 bits per heavy atom. The lowest BCUT2D eigenvalue weighted by molar-refractivity contribution is 0.994. The monoisotopic (exact) mass is 226 g/mol. The van der Waals surface area contributed by atoms with Gasteiger partial charge in [0.2, 0.25) is 0 Å². The molecular formula is C8H7ClN4S. The van der Waals surface area contributed by atoms with E-state index in [4.69, 9.17) is 11.6 Å². The summed E-state index contributed by atoms with van der Waals surface area (Å²) in [5, 5.41) is 14.0. The molecule has 0 unspecified atom stereocenters. The quantitative estimate of drug-likeness (QED) is 0.872. The Morgan fingerprint density at radius 2 is 2.29 bits per heavy atom. The summed E-state index contributed by atoms with van der Waals surface area (Å²) in [6, 6.07) is 3.47. The number of nitrogens with zero attached hydrogens (tertiary/aromatic N) is 3. The number of anilines is 1. The molecule has 0 aliphatic heterocycles. The zero-order valence-corrected chi connectivity index (χ0v) is 8.72. The third kappa shape index (κ3) is 2.40. The minimum atomic E-state index is 0.393. The van der Waals surface area contributed by atoms with Gasteiger partial charge in [-0.1, -0.05) is 11.6 Å². The standard InChI is InChI=1S/C8H7ClN4S/c9-6-1-2-7(13-12-6)11-5-8-10-3-4-14-8/h1-4H,5H2,(H,11,13). The van der Waals surface area contributed by atoms with Crippen LogP contribution >= 0.6 is 22.9 Å². The fraction of sp³-hybridized carbons (Fsp3) is 0.125. The number of hydrogen-bond donors (Lipinski definition) is 1. The predicted molar refractivity (Wildman–Crippen MR) is 56.5 cm³/mol. The van der Waals surface area contributed by atoms with E-state index in [2.05, 4.69) is 20.5 Å². The van der Waals surface area contributed by atoms with Gasteiger partial charge in [-0.2, -0.15) is 0 Å². The van der Waals surface area contributed by atoms with E-state index in [0.29, 0.717) is 17.5 Å². The van der Waals surface area contributed by atoms with Crippen molar-refractivity contribution in [2.75, 3.05) is 5.32 Å². The summed E-state index contributed by atoms with van der Waals surface area (Å²) >= 11 is 7.20. The van der Waals surface area contributed by atoms with Crippen LogP contribution in [0.3, 0.4) is 0 Å². The number of hydrogen-bond acceptors (Lipinski definition) is 5. The molecule has 2 aromatic rings. The van der Waals surface area contributed by atoms with Crippen LogP contribution in [0.1, 0.15) is 5.01 Å². The first-order valence-corrected chi connectivity index (χ1v) is 5.22. The van der Waals surface area contributed by atoms with Gasteiger partial charge in [0.05, 0.1) is 6.54 Å². The maximum atomic E-state index is 5.60. The topological polar surface area (TPSA) is 50.7 Å². The maximum absolute atomic E-state index is 5.60. The van der Waals surface area contributed by atoms with E-state index in [0.717, 1.165) is 5.01 Å². The van der Waals surface area contributed by atoms with Gasteiger partial charge < -0.3 is 5.32 Å². The number of rotatable bonds is 3. The predicted octanol–water partition coefficient (Wildman–Crippen LogP) is 2.20. The summed E-state index contributed by atoms with van der Waals surface area (Å²) < 4.78 is 0. The summed E-state index contributed by atoms with van der Waals surface area (Å²) in [5.41, 5.74) is 0. The summed E-state index contributed by atoms with van der Waals surface area (Å²) in [5.74, 6) is 0.699. The Bertz CT molecular complexity index is 386. The van der Waals surface area contributed by atoms with Crippen LogP contribution in [0.5, 0.6) is 0 Å². The number of aromatic nitrogens is 3. The zero-order chi connectivity index (χ0) is 9.80. The Labute approximate surface area is 90.0 Å². The van der Waals surface area contributed by atoms with Crippen LogP contribution in [0.2, 0.25) is 5.15 Å². The van der Waals surface area contributed by atoms with Gasteiger partial charge in [-0.25, -0.2) is 4.98 Å². The van der Waals surface area contributed by atoms with E-state index in [1.807, 2.05) is 5.38 Å². The van der Waals surface area contributed by atoms with Crippen molar-refractivity contribution in [3.63, 3.8) is 0 Å². The second kappa shape index (κ2) is 4.34. The highest BCUT2D eigenvalue weighted by Gasteiger charge is 1.97. The minimum absolute atomic E-state index is 0.393. The molecule has 0 aliphatic rings. The molecule has 0 saturated heterocycles. The van der Waals surface area contributed by atoms with Crippen molar-refractivity contribution < 1.29 is 0 Å². The first kappa shape index (κ1) is 9.36. The molecule has 72 valence electrons. The van der Waals surface area contributed by atoms with Gasteiger partial charge in [-0.3, -0.25) is 0 Å². The van der Waals surface area contributed by atoms with Gasteiger partial charge in [0.15, 0.2) is 5.15 Å². The lowest BCUT2D eigenvalue weighted by Gasteiger charge is -2.00. The van der Waals surface area contributed by atoms with Gasteiger partial charge in [0.25, 0.3) is 0 Å². The molecule has 0 aromatic carbocycles. The van der Waals surface area contributed by atoms with Crippen molar-refractivity contribution in [2.24, 2.45) is 0 Å². The second-order valence-corrected chi connectivity index (χ2v) is 3.89. The molecule has 1 N–H and O–H groups in total. The Morgan fingerprint density at radius 1 is 1.36 bits per heavy atom. The molecule has 0 aliphatic carbocycles. The first-order chi connectivity index (χ1) is 6.84. The van der Waals surface area contributed by atoms with Crippen molar-refractivity contribution in [3.05, 3.63) is 33.9 Å². The molecule has 2 heterocycles. The highest BCUT2D eigenvalue weighted by Crippen LogP contribution is 2.09. The molecule has 0 amide bonds. The zero-order valence-electron chi connectivity index (χ0n) is 7.14. The molecule has 2 aromatic heterocycles. The molecule has 0 bridgehead atoms.